The van der Waals surface area contributed by atoms with Crippen LogP contribution >= 0.6 is 0 Å². The largest absolute Gasteiger partial charge is 0.206 e. The van der Waals surface area contributed by atoms with Crippen LogP contribution in [0.4, 0.5) is 4.39 Å². The summed E-state index contributed by atoms with van der Waals surface area (Å²) in [4.78, 5) is 0. The van der Waals surface area contributed by atoms with Gasteiger partial charge in [0, 0.05) is 16.7 Å². The first-order valence-corrected chi connectivity index (χ1v) is 9.27. The Hall–Kier alpha value is -3.23. The smallest absolute Gasteiger partial charge is 0.148 e. The van der Waals surface area contributed by atoms with Crippen molar-refractivity contribution in [1.82, 2.24) is 0 Å². The van der Waals surface area contributed by atoms with Crippen molar-refractivity contribution in [1.29, 1.82) is 0 Å². The van der Waals surface area contributed by atoms with Crippen LogP contribution in [0.2, 0.25) is 6.82 Å². The van der Waals surface area contributed by atoms with Gasteiger partial charge in [-0.3, -0.25) is 0 Å². The van der Waals surface area contributed by atoms with Gasteiger partial charge >= 0.3 is 0 Å². The molecule has 3 rings (SSSR count). The first-order valence-electron chi connectivity index (χ1n) is 9.27. The molecule has 0 heterocycles. The predicted octanol–water partition coefficient (Wildman–Crippen LogP) is 4.93. The number of hydrogen-bond donors (Lipinski definition) is 0. The Bertz CT molecular complexity index is 1130. The molecule has 0 nitrogen and oxygen atoms in total. The quantitative estimate of drug-likeness (QED) is 0.425. The Kier molecular flexibility index (Phi) is 6.03. The van der Waals surface area contributed by atoms with Gasteiger partial charge in [-0.2, -0.15) is 0 Å². The van der Waals surface area contributed by atoms with Crippen molar-refractivity contribution in [2.75, 3.05) is 0 Å². The molecule has 0 aliphatic carbocycles. The zero-order valence-corrected chi connectivity index (χ0v) is 16.7. The number of hydrogen-bond acceptors (Lipinski definition) is 0. The third kappa shape index (κ3) is 4.73. The van der Waals surface area contributed by atoms with E-state index < -0.39 is 0 Å². The van der Waals surface area contributed by atoms with Crippen molar-refractivity contribution in [2.24, 2.45) is 0 Å². The highest BCUT2D eigenvalue weighted by Gasteiger charge is 2.03. The van der Waals surface area contributed by atoms with Crippen LogP contribution in [0.25, 0.3) is 0 Å². The number of benzene rings is 3. The number of rotatable bonds is 1. The SMILES string of the molecule is C[B]c1ccc(C#Cc2cc(C)c(C#Cc3ccc(C)cc3)cc2C)c(F)c1. The predicted molar refractivity (Wildman–Crippen MR) is 117 cm³/mol. The summed E-state index contributed by atoms with van der Waals surface area (Å²) < 4.78 is 14.1. The van der Waals surface area contributed by atoms with Gasteiger partial charge in [-0.15, -0.1) is 0 Å². The lowest BCUT2D eigenvalue weighted by Crippen LogP contribution is -2.11. The van der Waals surface area contributed by atoms with Crippen molar-refractivity contribution in [3.05, 3.63) is 99.4 Å². The van der Waals surface area contributed by atoms with E-state index in [0.29, 0.717) is 5.56 Å². The molecule has 0 aliphatic rings. The van der Waals surface area contributed by atoms with Crippen molar-refractivity contribution in [3.8, 4) is 23.7 Å². The Balaban J connectivity index is 1.88. The molecule has 0 amide bonds. The second-order valence-electron chi connectivity index (χ2n) is 6.88. The molecule has 0 N–H and O–H groups in total. The van der Waals surface area contributed by atoms with Gasteiger partial charge in [0.25, 0.3) is 0 Å². The summed E-state index contributed by atoms with van der Waals surface area (Å²) in [7, 11) is 1.87. The molecule has 3 aromatic rings. The van der Waals surface area contributed by atoms with Gasteiger partial charge in [0.15, 0.2) is 0 Å². The van der Waals surface area contributed by atoms with Crippen LogP contribution in [0.3, 0.4) is 0 Å². The monoisotopic (exact) mass is 363 g/mol. The standard InChI is InChI=1S/C26H21BF/c1-18-5-7-21(8-6-18)9-10-23-15-20(3)24(16-19(23)2)12-11-22-13-14-25(27-4)17-26(22)28/h5-8,13-17H,1-4H3. The van der Waals surface area contributed by atoms with Gasteiger partial charge in [-0.25, -0.2) is 4.39 Å². The fraction of sp³-hybridized carbons (Fsp3) is 0.154. The van der Waals surface area contributed by atoms with Crippen LogP contribution in [-0.2, 0) is 0 Å². The van der Waals surface area contributed by atoms with Gasteiger partial charge in [-0.1, -0.05) is 59.7 Å². The second-order valence-corrected chi connectivity index (χ2v) is 6.88. The summed E-state index contributed by atoms with van der Waals surface area (Å²) in [5.41, 5.74) is 7.45. The summed E-state index contributed by atoms with van der Waals surface area (Å²) in [6.45, 7) is 7.98. The molecular formula is C26H21BF. The highest BCUT2D eigenvalue weighted by atomic mass is 19.1. The zero-order chi connectivity index (χ0) is 20.1. The Labute approximate surface area is 168 Å². The third-order valence-electron chi connectivity index (χ3n) is 4.62. The molecule has 0 saturated carbocycles. The van der Waals surface area contributed by atoms with Crippen LogP contribution in [-0.4, -0.2) is 7.28 Å². The Morgan fingerprint density at radius 1 is 0.679 bits per heavy atom. The molecule has 1 radical (unpaired) electrons. The normalized spacial score (nSPS) is 9.75. The minimum atomic E-state index is -0.293. The molecule has 2 heteroatoms. The second kappa shape index (κ2) is 8.64. The molecule has 0 saturated heterocycles. The lowest BCUT2D eigenvalue weighted by molar-refractivity contribution is 0.625. The molecule has 0 spiro atoms. The topological polar surface area (TPSA) is 0 Å². The summed E-state index contributed by atoms with van der Waals surface area (Å²) in [5, 5.41) is 0. The van der Waals surface area contributed by atoms with E-state index in [-0.39, 0.29) is 5.82 Å². The summed E-state index contributed by atoms with van der Waals surface area (Å²) in [6, 6.07) is 17.3. The van der Waals surface area contributed by atoms with Gasteiger partial charge in [0.1, 0.15) is 13.1 Å². The molecule has 0 atom stereocenters. The lowest BCUT2D eigenvalue weighted by atomic mass is 9.73. The maximum absolute atomic E-state index is 14.1. The van der Waals surface area contributed by atoms with Crippen LogP contribution in [0, 0.1) is 50.3 Å². The number of aryl methyl sites for hydroxylation is 3. The maximum Gasteiger partial charge on any atom is 0.148 e. The highest BCUT2D eigenvalue weighted by Crippen LogP contribution is 2.15. The van der Waals surface area contributed by atoms with Crippen molar-refractivity contribution >= 4 is 12.7 Å². The lowest BCUT2D eigenvalue weighted by Gasteiger charge is -2.04. The average Bonchev–Trinajstić information content (AvgIpc) is 2.69. The van der Waals surface area contributed by atoms with E-state index in [1.54, 1.807) is 6.07 Å². The zero-order valence-electron chi connectivity index (χ0n) is 16.7. The molecule has 0 unspecified atom stereocenters. The van der Waals surface area contributed by atoms with Crippen molar-refractivity contribution in [2.45, 2.75) is 27.6 Å². The molecule has 3 aromatic carbocycles. The minimum Gasteiger partial charge on any atom is -0.206 e. The van der Waals surface area contributed by atoms with E-state index in [9.17, 15) is 4.39 Å². The summed E-state index contributed by atoms with van der Waals surface area (Å²) in [5.74, 6) is 12.2. The molecule has 0 bridgehead atoms. The van der Waals surface area contributed by atoms with Crippen molar-refractivity contribution < 1.29 is 4.39 Å². The molecule has 0 fully saturated rings. The fourth-order valence-electron chi connectivity index (χ4n) is 2.81. The van der Waals surface area contributed by atoms with Gasteiger partial charge in [0.05, 0.1) is 5.56 Å². The van der Waals surface area contributed by atoms with E-state index in [1.165, 1.54) is 11.6 Å². The first kappa shape index (κ1) is 19.5. The van der Waals surface area contributed by atoms with E-state index in [0.717, 1.165) is 33.3 Å². The molecule has 0 aliphatic heterocycles. The Morgan fingerprint density at radius 2 is 1.25 bits per heavy atom. The number of halogens is 1. The average molecular weight is 363 g/mol. The van der Waals surface area contributed by atoms with E-state index in [4.69, 9.17) is 0 Å². The van der Waals surface area contributed by atoms with Crippen LogP contribution in [0.1, 0.15) is 38.9 Å². The van der Waals surface area contributed by atoms with E-state index in [1.807, 2.05) is 58.3 Å². The van der Waals surface area contributed by atoms with E-state index >= 15 is 0 Å². The molecular weight excluding hydrogens is 342 g/mol. The van der Waals surface area contributed by atoms with E-state index in [2.05, 4.69) is 42.7 Å². The fourth-order valence-corrected chi connectivity index (χ4v) is 2.81. The third-order valence-corrected chi connectivity index (χ3v) is 4.62. The minimum absolute atomic E-state index is 0.293. The van der Waals surface area contributed by atoms with Gasteiger partial charge < -0.3 is 0 Å². The molecule has 28 heavy (non-hydrogen) atoms. The molecule has 0 aromatic heterocycles. The highest BCUT2D eigenvalue weighted by molar-refractivity contribution is 6.51. The van der Waals surface area contributed by atoms with Crippen LogP contribution in [0.5, 0.6) is 0 Å². The maximum atomic E-state index is 14.1. The summed E-state index contributed by atoms with van der Waals surface area (Å²) >= 11 is 0. The first-order chi connectivity index (χ1) is 13.5. The van der Waals surface area contributed by atoms with Crippen LogP contribution < -0.4 is 5.46 Å². The van der Waals surface area contributed by atoms with Crippen LogP contribution in [0.15, 0.2) is 54.6 Å². The Morgan fingerprint density at radius 3 is 1.82 bits per heavy atom. The molecule has 135 valence electrons. The van der Waals surface area contributed by atoms with Crippen molar-refractivity contribution in [3.63, 3.8) is 0 Å². The van der Waals surface area contributed by atoms with Gasteiger partial charge in [0.2, 0.25) is 0 Å². The van der Waals surface area contributed by atoms with Gasteiger partial charge in [-0.05, 0) is 68.3 Å². The summed E-state index contributed by atoms with van der Waals surface area (Å²) in [6.07, 6.45) is 0.